The van der Waals surface area contributed by atoms with Gasteiger partial charge in [0.25, 0.3) is 0 Å². The lowest BCUT2D eigenvalue weighted by atomic mass is 10.1. The zero-order chi connectivity index (χ0) is 16.1. The Labute approximate surface area is 134 Å². The monoisotopic (exact) mass is 298 g/mol. The van der Waals surface area contributed by atoms with E-state index < -0.39 is 0 Å². The molecule has 0 N–H and O–H groups in total. The Hall–Kier alpha value is -1.95. The van der Waals surface area contributed by atoms with Crippen molar-refractivity contribution in [3.05, 3.63) is 29.8 Å². The average Bonchev–Trinajstić information content (AvgIpc) is 3.00. The molecule has 0 bridgehead atoms. The van der Waals surface area contributed by atoms with E-state index in [2.05, 4.69) is 24.7 Å². The highest BCUT2D eigenvalue weighted by Gasteiger charge is 2.29. The molecule has 0 spiro atoms. The molecule has 3 nitrogen and oxygen atoms in total. The Kier molecular flexibility index (Phi) is 5.49. The lowest BCUT2D eigenvalue weighted by Crippen LogP contribution is -2.47. The predicted octanol–water partition coefficient (Wildman–Crippen LogP) is 3.28. The van der Waals surface area contributed by atoms with Crippen molar-refractivity contribution >= 4 is 11.6 Å². The molecular formula is C19H26N2O. The van der Waals surface area contributed by atoms with Crippen LogP contribution in [0.5, 0.6) is 0 Å². The molecule has 0 atom stereocenters. The molecule has 1 aliphatic carbocycles. The molecule has 0 aliphatic heterocycles. The number of amides is 1. The fourth-order valence-electron chi connectivity index (χ4n) is 3.30. The number of nitrogens with zero attached hydrogens (tertiary/aromatic N) is 2. The van der Waals surface area contributed by atoms with Gasteiger partial charge in [0, 0.05) is 30.4 Å². The standard InChI is InChI=1S/C19H26N2O/c1-5-16-9-8-12-18(13-16)20(4)14-19(22)21(15(2)3)17-10-6-7-11-17/h1,8-9,12-13,15,17H,6-7,10-11,14H2,2-4H3. The second kappa shape index (κ2) is 7.35. The smallest absolute Gasteiger partial charge is 0.242 e. The Morgan fingerprint density at radius 1 is 1.36 bits per heavy atom. The van der Waals surface area contributed by atoms with Gasteiger partial charge in [0.05, 0.1) is 6.54 Å². The highest BCUT2D eigenvalue weighted by molar-refractivity contribution is 5.82. The van der Waals surface area contributed by atoms with Crippen molar-refractivity contribution < 1.29 is 4.79 Å². The summed E-state index contributed by atoms with van der Waals surface area (Å²) >= 11 is 0. The summed E-state index contributed by atoms with van der Waals surface area (Å²) in [7, 11) is 1.95. The van der Waals surface area contributed by atoms with E-state index in [0.717, 1.165) is 24.1 Å². The first kappa shape index (κ1) is 16.4. The van der Waals surface area contributed by atoms with Crippen LogP contribution < -0.4 is 4.90 Å². The highest BCUT2D eigenvalue weighted by Crippen LogP contribution is 2.25. The largest absolute Gasteiger partial charge is 0.365 e. The maximum absolute atomic E-state index is 12.8. The molecule has 1 saturated carbocycles. The van der Waals surface area contributed by atoms with E-state index in [4.69, 9.17) is 6.42 Å². The summed E-state index contributed by atoms with van der Waals surface area (Å²) in [6.07, 6.45) is 10.2. The van der Waals surface area contributed by atoms with E-state index in [1.807, 2.05) is 36.2 Å². The first-order valence-corrected chi connectivity index (χ1v) is 8.12. The molecule has 1 aromatic carbocycles. The second-order valence-electron chi connectivity index (χ2n) is 6.38. The summed E-state index contributed by atoms with van der Waals surface area (Å²) in [6.45, 7) is 4.60. The molecule has 3 heteroatoms. The average molecular weight is 298 g/mol. The van der Waals surface area contributed by atoms with Crippen LogP contribution in [-0.4, -0.2) is 36.5 Å². The zero-order valence-corrected chi connectivity index (χ0v) is 13.9. The third kappa shape index (κ3) is 3.82. The van der Waals surface area contributed by atoms with E-state index in [1.54, 1.807) is 0 Å². The number of terminal acetylenes is 1. The molecule has 118 valence electrons. The minimum Gasteiger partial charge on any atom is -0.365 e. The van der Waals surface area contributed by atoms with Crippen LogP contribution in [0.3, 0.4) is 0 Å². The number of anilines is 1. The van der Waals surface area contributed by atoms with E-state index >= 15 is 0 Å². The van der Waals surface area contributed by atoms with Gasteiger partial charge in [-0.25, -0.2) is 0 Å². The number of hydrogen-bond donors (Lipinski definition) is 0. The molecule has 1 aromatic rings. The van der Waals surface area contributed by atoms with Gasteiger partial charge in [0.15, 0.2) is 0 Å². The van der Waals surface area contributed by atoms with Crippen LogP contribution in [0, 0.1) is 12.3 Å². The van der Waals surface area contributed by atoms with Crippen molar-refractivity contribution in [2.24, 2.45) is 0 Å². The minimum absolute atomic E-state index is 0.204. The Morgan fingerprint density at radius 3 is 2.64 bits per heavy atom. The van der Waals surface area contributed by atoms with Crippen LogP contribution in [0.15, 0.2) is 24.3 Å². The molecule has 0 heterocycles. The Morgan fingerprint density at radius 2 is 2.05 bits per heavy atom. The van der Waals surface area contributed by atoms with Crippen LogP contribution in [-0.2, 0) is 4.79 Å². The van der Waals surface area contributed by atoms with Crippen LogP contribution in [0.4, 0.5) is 5.69 Å². The van der Waals surface area contributed by atoms with Gasteiger partial charge in [-0.1, -0.05) is 24.8 Å². The van der Waals surface area contributed by atoms with Crippen LogP contribution >= 0.6 is 0 Å². The van der Waals surface area contributed by atoms with Crippen molar-refractivity contribution in [1.82, 2.24) is 4.90 Å². The van der Waals surface area contributed by atoms with Gasteiger partial charge in [-0.15, -0.1) is 6.42 Å². The number of carbonyl (C=O) groups is 1. The van der Waals surface area contributed by atoms with E-state index in [0.29, 0.717) is 12.6 Å². The van der Waals surface area contributed by atoms with Crippen LogP contribution in [0.1, 0.15) is 45.1 Å². The normalized spacial score (nSPS) is 14.9. The number of likely N-dealkylation sites (N-methyl/N-ethyl adjacent to an activating group) is 1. The second-order valence-corrected chi connectivity index (χ2v) is 6.38. The molecule has 0 unspecified atom stereocenters. The summed E-state index contributed by atoms with van der Waals surface area (Å²) in [5.41, 5.74) is 1.83. The summed E-state index contributed by atoms with van der Waals surface area (Å²) in [5, 5.41) is 0. The number of hydrogen-bond acceptors (Lipinski definition) is 2. The first-order valence-electron chi connectivity index (χ1n) is 8.12. The van der Waals surface area contributed by atoms with Gasteiger partial charge in [-0.3, -0.25) is 4.79 Å². The summed E-state index contributed by atoms with van der Waals surface area (Å²) < 4.78 is 0. The molecule has 1 fully saturated rings. The van der Waals surface area contributed by atoms with Crippen molar-refractivity contribution in [3.8, 4) is 12.3 Å². The van der Waals surface area contributed by atoms with Crippen molar-refractivity contribution in [1.29, 1.82) is 0 Å². The quantitative estimate of drug-likeness (QED) is 0.779. The van der Waals surface area contributed by atoms with Gasteiger partial charge in [0.1, 0.15) is 0 Å². The van der Waals surface area contributed by atoms with Crippen molar-refractivity contribution in [2.45, 2.75) is 51.6 Å². The molecule has 1 amide bonds. The summed E-state index contributed by atoms with van der Waals surface area (Å²) in [5.74, 6) is 2.84. The molecular weight excluding hydrogens is 272 g/mol. The van der Waals surface area contributed by atoms with Gasteiger partial charge in [0.2, 0.25) is 5.91 Å². The van der Waals surface area contributed by atoms with Crippen LogP contribution in [0.25, 0.3) is 0 Å². The minimum atomic E-state index is 0.204. The van der Waals surface area contributed by atoms with Crippen LogP contribution in [0.2, 0.25) is 0 Å². The number of benzene rings is 1. The SMILES string of the molecule is C#Cc1cccc(N(C)CC(=O)N(C(C)C)C2CCCC2)c1. The van der Waals surface area contributed by atoms with Gasteiger partial charge >= 0.3 is 0 Å². The third-order valence-corrected chi connectivity index (χ3v) is 4.39. The summed E-state index contributed by atoms with van der Waals surface area (Å²) in [4.78, 5) is 16.8. The van der Waals surface area contributed by atoms with E-state index in [1.165, 1.54) is 12.8 Å². The van der Waals surface area contributed by atoms with Gasteiger partial charge in [-0.2, -0.15) is 0 Å². The first-order chi connectivity index (χ1) is 10.5. The van der Waals surface area contributed by atoms with E-state index in [9.17, 15) is 4.79 Å². The predicted molar refractivity (Wildman–Crippen MR) is 91.9 cm³/mol. The molecule has 0 saturated heterocycles. The maximum atomic E-state index is 12.8. The van der Waals surface area contributed by atoms with Gasteiger partial charge in [-0.05, 0) is 44.9 Å². The van der Waals surface area contributed by atoms with Crippen molar-refractivity contribution in [2.75, 3.05) is 18.5 Å². The summed E-state index contributed by atoms with van der Waals surface area (Å²) in [6, 6.07) is 8.44. The number of rotatable bonds is 5. The lowest BCUT2D eigenvalue weighted by Gasteiger charge is -2.34. The van der Waals surface area contributed by atoms with E-state index in [-0.39, 0.29) is 11.9 Å². The molecule has 0 radical (unpaired) electrons. The van der Waals surface area contributed by atoms with Gasteiger partial charge < -0.3 is 9.80 Å². The highest BCUT2D eigenvalue weighted by atomic mass is 16.2. The molecule has 2 rings (SSSR count). The topological polar surface area (TPSA) is 23.6 Å². The Balaban J connectivity index is 2.06. The molecule has 1 aliphatic rings. The Bertz CT molecular complexity index is 553. The molecule has 0 aromatic heterocycles. The lowest BCUT2D eigenvalue weighted by molar-refractivity contribution is -0.133. The fourth-order valence-corrected chi connectivity index (χ4v) is 3.30. The maximum Gasteiger partial charge on any atom is 0.242 e. The third-order valence-electron chi connectivity index (χ3n) is 4.39. The zero-order valence-electron chi connectivity index (χ0n) is 13.9. The van der Waals surface area contributed by atoms with Crippen molar-refractivity contribution in [3.63, 3.8) is 0 Å². The molecule has 22 heavy (non-hydrogen) atoms. The number of carbonyl (C=O) groups excluding carboxylic acids is 1. The fraction of sp³-hybridized carbons (Fsp3) is 0.526.